The predicted octanol–water partition coefficient (Wildman–Crippen LogP) is 5.40. The van der Waals surface area contributed by atoms with Crippen LogP contribution in [-0.4, -0.2) is 60.0 Å². The molecule has 0 heterocycles. The van der Waals surface area contributed by atoms with Gasteiger partial charge in [0.1, 0.15) is 23.3 Å². The molecule has 0 radical (unpaired) electrons. The van der Waals surface area contributed by atoms with Gasteiger partial charge in [0, 0.05) is 19.0 Å². The van der Waals surface area contributed by atoms with Crippen molar-refractivity contribution in [2.24, 2.45) is 0 Å². The van der Waals surface area contributed by atoms with Crippen molar-refractivity contribution in [3.8, 4) is 11.1 Å². The van der Waals surface area contributed by atoms with Gasteiger partial charge >= 0.3 is 12.1 Å². The molecule has 0 unspecified atom stereocenters. The highest BCUT2D eigenvalue weighted by Crippen LogP contribution is 2.44. The van der Waals surface area contributed by atoms with Gasteiger partial charge in [-0.25, -0.2) is 13.2 Å². The molecule has 0 spiro atoms. The van der Waals surface area contributed by atoms with E-state index in [-0.39, 0.29) is 36.5 Å². The highest BCUT2D eigenvalue weighted by molar-refractivity contribution is 9.39. The standard InChI is InChI=1S/C21H21Br3N2O4.C7H8O3S/c22-21(23,24)13-30-19(27)11-25-9-10-26-20(28)29-12-18-16-7-3-1-5-14(16)15-6-2-4-8-17(15)18;1-6-2-4-7(5-3-6)11(8,9)10/h1-8,18,25H,9-13H2,(H,26,28);2-5H,1H3,(H,8,9,10)/p-1. The zero-order valence-electron chi connectivity index (χ0n) is 21.9. The van der Waals surface area contributed by atoms with Crippen molar-refractivity contribution in [1.29, 1.82) is 0 Å². The quantitative estimate of drug-likeness (QED) is 0.128. The summed E-state index contributed by atoms with van der Waals surface area (Å²) in [6, 6.07) is 22.2. The molecule has 1 amide bonds. The number of aryl methyl sites for hydroxylation is 1. The number of nitrogens with one attached hydrogen (secondary N) is 2. The van der Waals surface area contributed by atoms with Crippen LogP contribution in [0.25, 0.3) is 11.1 Å². The fourth-order valence-corrected chi connectivity index (χ4v) is 4.82. The van der Waals surface area contributed by atoms with E-state index >= 15 is 0 Å². The van der Waals surface area contributed by atoms with Gasteiger partial charge in [0.15, 0.2) is 2.14 Å². The topological polar surface area (TPSA) is 134 Å². The zero-order chi connectivity index (χ0) is 30.0. The van der Waals surface area contributed by atoms with E-state index < -0.39 is 18.4 Å². The Morgan fingerprint density at radius 3 is 1.98 bits per heavy atom. The first-order valence-electron chi connectivity index (χ1n) is 12.4. The van der Waals surface area contributed by atoms with Gasteiger partial charge in [0.2, 0.25) is 0 Å². The molecule has 1 aliphatic carbocycles. The number of hydrogen-bond acceptors (Lipinski definition) is 8. The molecule has 0 atom stereocenters. The van der Waals surface area contributed by atoms with Crippen LogP contribution < -0.4 is 10.6 Å². The lowest BCUT2D eigenvalue weighted by Gasteiger charge is -2.15. The lowest BCUT2D eigenvalue weighted by atomic mass is 9.98. The molecule has 0 fully saturated rings. The van der Waals surface area contributed by atoms with E-state index in [1.165, 1.54) is 34.4 Å². The number of fused-ring (bicyclic) bond motifs is 3. The van der Waals surface area contributed by atoms with Crippen LogP contribution in [0.5, 0.6) is 0 Å². The fourth-order valence-electron chi connectivity index (χ4n) is 4.01. The molecule has 1 aliphatic rings. The fraction of sp³-hybridized carbons (Fsp3) is 0.286. The van der Waals surface area contributed by atoms with E-state index in [4.69, 9.17) is 9.47 Å². The molecule has 13 heteroatoms. The Bertz CT molecular complexity index is 1400. The molecule has 41 heavy (non-hydrogen) atoms. The van der Waals surface area contributed by atoms with Gasteiger partial charge < -0.3 is 24.7 Å². The van der Waals surface area contributed by atoms with Gasteiger partial charge in [-0.05, 0) is 41.3 Å². The highest BCUT2D eigenvalue weighted by Gasteiger charge is 2.29. The Morgan fingerprint density at radius 2 is 1.44 bits per heavy atom. The van der Waals surface area contributed by atoms with Crippen LogP contribution in [0, 0.1) is 6.92 Å². The predicted molar refractivity (Wildman–Crippen MR) is 166 cm³/mol. The first-order valence-corrected chi connectivity index (χ1v) is 16.2. The second-order valence-electron chi connectivity index (χ2n) is 8.97. The lowest BCUT2D eigenvalue weighted by Crippen LogP contribution is -2.35. The zero-order valence-corrected chi connectivity index (χ0v) is 27.5. The van der Waals surface area contributed by atoms with E-state index in [2.05, 4.69) is 82.7 Å². The van der Waals surface area contributed by atoms with E-state index in [1.807, 2.05) is 31.2 Å². The smallest absolute Gasteiger partial charge is 0.407 e. The molecule has 0 aromatic heterocycles. The normalized spacial score (nSPS) is 12.4. The van der Waals surface area contributed by atoms with Crippen molar-refractivity contribution < 1.29 is 32.0 Å². The number of alkyl halides is 3. The van der Waals surface area contributed by atoms with Crippen molar-refractivity contribution in [2.75, 3.05) is 32.8 Å². The van der Waals surface area contributed by atoms with Crippen LogP contribution in [-0.2, 0) is 24.4 Å². The SMILES string of the molecule is Cc1ccc(S(=O)(=O)[O-])cc1.O=C(CNCCNC(=O)OCC1c2ccccc2-c2ccccc21)OCC(Br)(Br)Br. The molecule has 3 aromatic carbocycles. The summed E-state index contributed by atoms with van der Waals surface area (Å²) in [7, 11) is -4.27. The first kappa shape index (κ1) is 33.2. The van der Waals surface area contributed by atoms with E-state index in [9.17, 15) is 22.6 Å². The van der Waals surface area contributed by atoms with Gasteiger partial charge in [-0.15, -0.1) is 0 Å². The average molecular weight is 776 g/mol. The molecule has 0 saturated carbocycles. The number of ether oxygens (including phenoxy) is 2. The van der Waals surface area contributed by atoms with Gasteiger partial charge in [-0.3, -0.25) is 4.79 Å². The highest BCUT2D eigenvalue weighted by atomic mass is 80.0. The van der Waals surface area contributed by atoms with Crippen LogP contribution in [0.2, 0.25) is 0 Å². The van der Waals surface area contributed by atoms with Crippen molar-refractivity contribution in [2.45, 2.75) is 19.9 Å². The number of carbonyl (C=O) groups is 2. The summed E-state index contributed by atoms with van der Waals surface area (Å²) in [5.74, 6) is -0.361. The van der Waals surface area contributed by atoms with E-state index in [1.54, 1.807) is 12.1 Å². The number of alkyl carbamates (subject to hydrolysis) is 1. The summed E-state index contributed by atoms with van der Waals surface area (Å²) in [6.07, 6.45) is -0.483. The van der Waals surface area contributed by atoms with Crippen LogP contribution in [0.4, 0.5) is 4.79 Å². The summed E-state index contributed by atoms with van der Waals surface area (Å²) < 4.78 is 41.0. The maximum Gasteiger partial charge on any atom is 0.407 e. The summed E-state index contributed by atoms with van der Waals surface area (Å²) >= 11 is 9.74. The summed E-state index contributed by atoms with van der Waals surface area (Å²) in [5.41, 5.74) is 5.65. The van der Waals surface area contributed by atoms with Gasteiger partial charge in [-0.2, -0.15) is 0 Å². The molecular weight excluding hydrogens is 748 g/mol. The minimum absolute atomic E-state index is 0.0291. The minimum atomic E-state index is -4.27. The Labute approximate surface area is 264 Å². The molecule has 3 aromatic rings. The van der Waals surface area contributed by atoms with Crippen molar-refractivity contribution in [3.63, 3.8) is 0 Å². The van der Waals surface area contributed by atoms with Crippen LogP contribution in [0.1, 0.15) is 22.6 Å². The Hall–Kier alpha value is -2.29. The summed E-state index contributed by atoms with van der Waals surface area (Å²) in [6.45, 7) is 3.03. The van der Waals surface area contributed by atoms with Crippen molar-refractivity contribution in [1.82, 2.24) is 10.6 Å². The molecule has 0 saturated heterocycles. The molecule has 9 nitrogen and oxygen atoms in total. The number of halogens is 3. The van der Waals surface area contributed by atoms with E-state index in [0.29, 0.717) is 13.1 Å². The Balaban J connectivity index is 0.000000352. The monoisotopic (exact) mass is 773 g/mol. The molecule has 0 aliphatic heterocycles. The third-order valence-corrected chi connectivity index (χ3v) is 7.43. The maximum absolute atomic E-state index is 12.1. The largest absolute Gasteiger partial charge is 0.744 e. The van der Waals surface area contributed by atoms with Gasteiger partial charge in [0.25, 0.3) is 0 Å². The molecule has 220 valence electrons. The molecule has 4 rings (SSSR count). The molecule has 0 bridgehead atoms. The number of amides is 1. The first-order chi connectivity index (χ1) is 19.3. The van der Waals surface area contributed by atoms with Gasteiger partial charge in [-0.1, -0.05) is 114 Å². The number of rotatable bonds is 9. The number of carbonyl (C=O) groups excluding carboxylic acids is 2. The van der Waals surface area contributed by atoms with Crippen LogP contribution in [0.3, 0.4) is 0 Å². The van der Waals surface area contributed by atoms with Crippen molar-refractivity contribution in [3.05, 3.63) is 89.5 Å². The third-order valence-electron chi connectivity index (χ3n) is 5.89. The maximum atomic E-state index is 12.1. The minimum Gasteiger partial charge on any atom is -0.744 e. The summed E-state index contributed by atoms with van der Waals surface area (Å²) in [5, 5.41) is 5.60. The second kappa shape index (κ2) is 15.3. The number of benzene rings is 3. The van der Waals surface area contributed by atoms with Crippen LogP contribution in [0.15, 0.2) is 77.7 Å². The average Bonchev–Trinajstić information content (AvgIpc) is 3.24. The van der Waals surface area contributed by atoms with Crippen LogP contribution >= 0.6 is 47.8 Å². The Morgan fingerprint density at radius 1 is 0.878 bits per heavy atom. The van der Waals surface area contributed by atoms with Crippen molar-refractivity contribution >= 4 is 70.0 Å². The summed E-state index contributed by atoms with van der Waals surface area (Å²) in [4.78, 5) is 23.5. The Kier molecular flexibility index (Phi) is 12.4. The lowest BCUT2D eigenvalue weighted by molar-refractivity contribution is -0.142. The number of esters is 1. The van der Waals surface area contributed by atoms with E-state index in [0.717, 1.165) is 5.56 Å². The third kappa shape index (κ3) is 10.8. The van der Waals surface area contributed by atoms with Gasteiger partial charge in [0.05, 0.1) is 11.4 Å². The number of hydrogen-bond donors (Lipinski definition) is 2. The second-order valence-corrected chi connectivity index (χ2v) is 17.6. The molecule has 2 N–H and O–H groups in total. The molecular formula is C28H28Br3N2O7S-.